The second kappa shape index (κ2) is 4.36. The van der Waals surface area contributed by atoms with Crippen molar-refractivity contribution >= 4 is 13.8 Å². The van der Waals surface area contributed by atoms with Crippen molar-refractivity contribution < 1.29 is 23.9 Å². The molecule has 0 radical (unpaired) electrons. The molecule has 0 aromatic heterocycles. The fraction of sp³-hybridized carbons (Fsp3) is 0.800. The average molecular weight is 182 g/mol. The molecule has 0 rings (SSSR count). The first-order valence-electron chi connectivity index (χ1n) is 3.22. The first-order valence-corrected chi connectivity index (χ1v) is 4.98. The van der Waals surface area contributed by atoms with Gasteiger partial charge in [-0.2, -0.15) is 0 Å². The van der Waals surface area contributed by atoms with Gasteiger partial charge in [-0.15, -0.1) is 0 Å². The summed E-state index contributed by atoms with van der Waals surface area (Å²) in [5.74, 6) is 0. The van der Waals surface area contributed by atoms with E-state index in [1.165, 1.54) is 0 Å². The molecule has 0 aliphatic carbocycles. The number of hydrogen-bond donors (Lipinski definition) is 2. The Kier molecular flexibility index (Phi) is 4.15. The average Bonchev–Trinajstić information content (AvgIpc) is 1.81. The molecule has 0 fully saturated rings. The van der Waals surface area contributed by atoms with Gasteiger partial charge in [-0.1, -0.05) is 13.3 Å². The Balaban J connectivity index is 3.80. The van der Waals surface area contributed by atoms with Crippen LogP contribution >= 0.6 is 7.60 Å². The molecule has 0 amide bonds. The highest BCUT2D eigenvalue weighted by atomic mass is 31.2. The summed E-state index contributed by atoms with van der Waals surface area (Å²) >= 11 is 0. The quantitative estimate of drug-likeness (QED) is 0.646. The molecule has 0 saturated carbocycles. The van der Waals surface area contributed by atoms with E-state index >= 15 is 0 Å². The van der Waals surface area contributed by atoms with E-state index in [0.29, 0.717) is 6.42 Å². The number of rotatable bonds is 4. The molecule has 1 unspecified atom stereocenters. The van der Waals surface area contributed by atoms with Crippen LogP contribution < -0.4 is 0 Å². The maximum absolute atomic E-state index is 10.7. The Hall–Kier alpha value is -0.540. The largest absolute Gasteiger partial charge is 0.512 e. The molecule has 0 aliphatic rings. The molecule has 0 aromatic rings. The molecule has 66 valence electrons. The van der Waals surface area contributed by atoms with Crippen molar-refractivity contribution in [2.45, 2.75) is 19.8 Å². The standard InChI is InChI=1S/C5H11O5P/c1-2-3-4-11(8,9)10-5(6)7/h2-4H2,1H3,(H,6,7)(H,8,9). The van der Waals surface area contributed by atoms with Crippen LogP contribution in [-0.4, -0.2) is 22.3 Å². The van der Waals surface area contributed by atoms with Crippen LogP contribution in [0.15, 0.2) is 0 Å². The van der Waals surface area contributed by atoms with Crippen molar-refractivity contribution in [3.63, 3.8) is 0 Å². The van der Waals surface area contributed by atoms with E-state index in [1.807, 2.05) is 6.92 Å². The van der Waals surface area contributed by atoms with Gasteiger partial charge in [0.1, 0.15) is 0 Å². The van der Waals surface area contributed by atoms with Crippen LogP contribution in [-0.2, 0) is 9.09 Å². The highest BCUT2D eigenvalue weighted by molar-refractivity contribution is 7.53. The molecule has 5 nitrogen and oxygen atoms in total. The van der Waals surface area contributed by atoms with Crippen LogP contribution in [0.25, 0.3) is 0 Å². The molecule has 0 aliphatic heterocycles. The minimum Gasteiger partial charge on any atom is -0.449 e. The summed E-state index contributed by atoms with van der Waals surface area (Å²) in [7, 11) is -3.86. The highest BCUT2D eigenvalue weighted by Gasteiger charge is 2.22. The van der Waals surface area contributed by atoms with Crippen LogP contribution in [0.3, 0.4) is 0 Å². The molecular formula is C5H11O5P. The number of carbonyl (C=O) groups is 1. The minimum atomic E-state index is -3.86. The second-order valence-corrected chi connectivity index (χ2v) is 3.98. The predicted octanol–water partition coefficient (Wildman–Crippen LogP) is 1.67. The summed E-state index contributed by atoms with van der Waals surface area (Å²) in [5.41, 5.74) is 0. The summed E-state index contributed by atoms with van der Waals surface area (Å²) in [4.78, 5) is 18.6. The first-order chi connectivity index (χ1) is 4.98. The van der Waals surface area contributed by atoms with E-state index in [-0.39, 0.29) is 6.16 Å². The van der Waals surface area contributed by atoms with Crippen molar-refractivity contribution in [1.29, 1.82) is 0 Å². The molecule has 1 atom stereocenters. The Bertz CT molecular complexity index is 178. The normalized spacial score (nSPS) is 15.5. The van der Waals surface area contributed by atoms with E-state index in [2.05, 4.69) is 4.52 Å². The van der Waals surface area contributed by atoms with Crippen LogP contribution in [0.4, 0.5) is 4.79 Å². The topological polar surface area (TPSA) is 83.8 Å². The van der Waals surface area contributed by atoms with Gasteiger partial charge in [-0.05, 0) is 6.42 Å². The summed E-state index contributed by atoms with van der Waals surface area (Å²) in [5, 5.41) is 7.99. The number of unbranched alkanes of at least 4 members (excludes halogenated alkanes) is 1. The molecule has 0 aromatic carbocycles. The predicted molar refractivity (Wildman–Crippen MR) is 38.7 cm³/mol. The fourth-order valence-electron chi connectivity index (χ4n) is 0.526. The van der Waals surface area contributed by atoms with Gasteiger partial charge in [-0.25, -0.2) is 9.36 Å². The Labute approximate surface area is 64.5 Å². The van der Waals surface area contributed by atoms with E-state index in [1.54, 1.807) is 0 Å². The van der Waals surface area contributed by atoms with Gasteiger partial charge in [0.2, 0.25) is 0 Å². The van der Waals surface area contributed by atoms with Gasteiger partial charge in [0.05, 0.1) is 6.16 Å². The van der Waals surface area contributed by atoms with Gasteiger partial charge < -0.3 is 14.5 Å². The molecular weight excluding hydrogens is 171 g/mol. The smallest absolute Gasteiger partial charge is 0.449 e. The third-order valence-corrected chi connectivity index (χ3v) is 2.34. The van der Waals surface area contributed by atoms with Crippen LogP contribution in [0.5, 0.6) is 0 Å². The first kappa shape index (κ1) is 10.5. The summed E-state index contributed by atoms with van der Waals surface area (Å²) < 4.78 is 14.5. The van der Waals surface area contributed by atoms with Gasteiger partial charge in [0.15, 0.2) is 0 Å². The highest BCUT2D eigenvalue weighted by Crippen LogP contribution is 2.42. The van der Waals surface area contributed by atoms with E-state index < -0.39 is 13.8 Å². The van der Waals surface area contributed by atoms with Gasteiger partial charge >= 0.3 is 13.8 Å². The minimum absolute atomic E-state index is 0.101. The Morgan fingerprint density at radius 1 is 1.64 bits per heavy atom. The van der Waals surface area contributed by atoms with Crippen LogP contribution in [0, 0.1) is 0 Å². The maximum Gasteiger partial charge on any atom is 0.512 e. The lowest BCUT2D eigenvalue weighted by Crippen LogP contribution is -2.00. The van der Waals surface area contributed by atoms with Crippen molar-refractivity contribution in [2.75, 3.05) is 6.16 Å². The Morgan fingerprint density at radius 3 is 2.55 bits per heavy atom. The third-order valence-electron chi connectivity index (χ3n) is 1.01. The van der Waals surface area contributed by atoms with Crippen LogP contribution in [0.2, 0.25) is 0 Å². The Morgan fingerprint density at radius 2 is 2.18 bits per heavy atom. The van der Waals surface area contributed by atoms with E-state index in [9.17, 15) is 9.36 Å². The molecule has 0 saturated heterocycles. The lowest BCUT2D eigenvalue weighted by molar-refractivity contribution is 0.138. The monoisotopic (exact) mass is 182 g/mol. The lowest BCUT2D eigenvalue weighted by atomic mass is 10.4. The van der Waals surface area contributed by atoms with Crippen LogP contribution in [0.1, 0.15) is 19.8 Å². The summed E-state index contributed by atoms with van der Waals surface area (Å²) in [6.07, 6.45) is -0.586. The lowest BCUT2D eigenvalue weighted by Gasteiger charge is -2.07. The zero-order chi connectivity index (χ0) is 8.91. The van der Waals surface area contributed by atoms with Gasteiger partial charge in [0, 0.05) is 0 Å². The maximum atomic E-state index is 10.7. The van der Waals surface area contributed by atoms with E-state index in [4.69, 9.17) is 10.00 Å². The molecule has 6 heteroatoms. The number of carboxylic acid groups (broad SMARTS) is 1. The van der Waals surface area contributed by atoms with Crippen molar-refractivity contribution in [3.8, 4) is 0 Å². The third kappa shape index (κ3) is 5.88. The van der Waals surface area contributed by atoms with E-state index in [0.717, 1.165) is 6.42 Å². The number of hydrogen-bond acceptors (Lipinski definition) is 3. The summed E-state index contributed by atoms with van der Waals surface area (Å²) in [6.45, 7) is 1.83. The van der Waals surface area contributed by atoms with Crippen molar-refractivity contribution in [2.24, 2.45) is 0 Å². The van der Waals surface area contributed by atoms with Gasteiger partial charge in [0.25, 0.3) is 0 Å². The molecule has 0 bridgehead atoms. The molecule has 11 heavy (non-hydrogen) atoms. The zero-order valence-corrected chi connectivity index (χ0v) is 7.08. The summed E-state index contributed by atoms with van der Waals surface area (Å²) in [6, 6.07) is 0. The fourth-order valence-corrected chi connectivity index (χ4v) is 1.58. The van der Waals surface area contributed by atoms with Gasteiger partial charge in [-0.3, -0.25) is 0 Å². The van der Waals surface area contributed by atoms with Crippen molar-refractivity contribution in [3.05, 3.63) is 0 Å². The zero-order valence-electron chi connectivity index (χ0n) is 6.19. The molecule has 2 N–H and O–H groups in total. The second-order valence-electron chi connectivity index (χ2n) is 2.07. The molecule has 0 heterocycles. The molecule has 0 spiro atoms. The SMILES string of the molecule is CCCCP(=O)(O)OC(=O)O. The van der Waals surface area contributed by atoms with Crippen molar-refractivity contribution in [1.82, 2.24) is 0 Å².